The van der Waals surface area contributed by atoms with Crippen molar-refractivity contribution in [3.63, 3.8) is 0 Å². The third-order valence-electron chi connectivity index (χ3n) is 5.01. The molecule has 3 aliphatic heterocycles. The third-order valence-corrected chi connectivity index (χ3v) is 5.01. The zero-order chi connectivity index (χ0) is 16.8. The molecule has 1 fully saturated rings. The zero-order valence-electron chi connectivity index (χ0n) is 13.8. The van der Waals surface area contributed by atoms with Gasteiger partial charge in [0.1, 0.15) is 0 Å². The first-order valence-corrected chi connectivity index (χ1v) is 8.62. The van der Waals surface area contributed by atoms with Crippen LogP contribution < -0.4 is 9.64 Å². The van der Waals surface area contributed by atoms with E-state index in [-0.39, 0.29) is 5.91 Å². The van der Waals surface area contributed by atoms with Gasteiger partial charge in [0.25, 0.3) is 5.91 Å². The monoisotopic (exact) mass is 334 g/mol. The molecule has 2 aromatic rings. The lowest BCUT2D eigenvalue weighted by Crippen LogP contribution is -2.27. The minimum absolute atomic E-state index is 0.0450. The van der Waals surface area contributed by atoms with E-state index in [2.05, 4.69) is 28.2 Å². The fourth-order valence-electron chi connectivity index (χ4n) is 3.61. The zero-order valence-corrected chi connectivity index (χ0v) is 13.8. The van der Waals surface area contributed by atoms with Crippen LogP contribution in [0.15, 0.2) is 35.5 Å². The SMILES string of the molecule is O=C(c1cnc2c(c1)OCN2c1ccc2c(c1)C=NC2)N1CCCC1. The highest BCUT2D eigenvalue weighted by Gasteiger charge is 2.27. The minimum Gasteiger partial charge on any atom is -0.469 e. The number of aromatic nitrogens is 1. The molecule has 0 unspecified atom stereocenters. The minimum atomic E-state index is 0.0450. The van der Waals surface area contributed by atoms with Crippen molar-refractivity contribution in [2.75, 3.05) is 24.7 Å². The second-order valence-corrected chi connectivity index (χ2v) is 6.60. The van der Waals surface area contributed by atoms with Crippen molar-refractivity contribution in [1.29, 1.82) is 0 Å². The van der Waals surface area contributed by atoms with E-state index >= 15 is 0 Å². The van der Waals surface area contributed by atoms with E-state index in [1.54, 1.807) is 6.20 Å². The van der Waals surface area contributed by atoms with Gasteiger partial charge in [0.05, 0.1) is 12.1 Å². The van der Waals surface area contributed by atoms with Gasteiger partial charge in [-0.05, 0) is 42.2 Å². The molecule has 0 N–H and O–H groups in total. The van der Waals surface area contributed by atoms with Crippen LogP contribution in [0.2, 0.25) is 0 Å². The second kappa shape index (κ2) is 5.58. The Morgan fingerprint density at radius 1 is 1.16 bits per heavy atom. The number of rotatable bonds is 2. The number of ether oxygens (including phenoxy) is 1. The maximum Gasteiger partial charge on any atom is 0.255 e. The number of aliphatic imine (C=N–C) groups is 1. The summed E-state index contributed by atoms with van der Waals surface area (Å²) in [6, 6.07) is 8.09. The van der Waals surface area contributed by atoms with Crippen molar-refractivity contribution in [3.8, 4) is 5.75 Å². The fourth-order valence-corrected chi connectivity index (χ4v) is 3.61. The highest BCUT2D eigenvalue weighted by Crippen LogP contribution is 2.38. The average molecular weight is 334 g/mol. The van der Waals surface area contributed by atoms with Gasteiger partial charge in [0, 0.05) is 31.2 Å². The molecular weight excluding hydrogens is 316 g/mol. The van der Waals surface area contributed by atoms with Crippen LogP contribution >= 0.6 is 0 Å². The number of anilines is 2. The summed E-state index contributed by atoms with van der Waals surface area (Å²) in [5.74, 6) is 1.47. The summed E-state index contributed by atoms with van der Waals surface area (Å²) in [7, 11) is 0. The number of benzene rings is 1. The largest absolute Gasteiger partial charge is 0.469 e. The molecule has 5 rings (SSSR count). The number of likely N-dealkylation sites (tertiary alicyclic amines) is 1. The first-order valence-electron chi connectivity index (χ1n) is 8.62. The molecule has 1 aromatic heterocycles. The summed E-state index contributed by atoms with van der Waals surface area (Å²) in [6.45, 7) is 2.82. The Morgan fingerprint density at radius 3 is 2.92 bits per heavy atom. The molecular formula is C19H18N4O2. The molecule has 126 valence electrons. The van der Waals surface area contributed by atoms with Gasteiger partial charge in [-0.1, -0.05) is 6.07 Å². The molecule has 6 nitrogen and oxygen atoms in total. The fraction of sp³-hybridized carbons (Fsp3) is 0.316. The average Bonchev–Trinajstić information content (AvgIpc) is 3.39. The molecule has 0 aliphatic carbocycles. The van der Waals surface area contributed by atoms with E-state index in [9.17, 15) is 4.79 Å². The number of carbonyl (C=O) groups is 1. The van der Waals surface area contributed by atoms with Crippen LogP contribution in [0.25, 0.3) is 0 Å². The topological polar surface area (TPSA) is 58.0 Å². The molecule has 0 bridgehead atoms. The van der Waals surface area contributed by atoms with Crippen molar-refractivity contribution in [3.05, 3.63) is 47.2 Å². The van der Waals surface area contributed by atoms with Crippen molar-refractivity contribution in [2.45, 2.75) is 19.4 Å². The van der Waals surface area contributed by atoms with Crippen LogP contribution in [-0.2, 0) is 6.54 Å². The van der Waals surface area contributed by atoms with Crippen molar-refractivity contribution in [2.24, 2.45) is 4.99 Å². The van der Waals surface area contributed by atoms with E-state index in [0.29, 0.717) is 18.0 Å². The molecule has 3 aliphatic rings. The van der Waals surface area contributed by atoms with Crippen LogP contribution in [0, 0.1) is 0 Å². The first kappa shape index (κ1) is 14.5. The van der Waals surface area contributed by atoms with Gasteiger partial charge in [-0.15, -0.1) is 0 Å². The van der Waals surface area contributed by atoms with E-state index < -0.39 is 0 Å². The number of fused-ring (bicyclic) bond motifs is 2. The number of hydrogen-bond acceptors (Lipinski definition) is 5. The van der Waals surface area contributed by atoms with Crippen LogP contribution in [0.5, 0.6) is 5.75 Å². The normalized spacial score (nSPS) is 17.6. The molecule has 4 heterocycles. The summed E-state index contributed by atoms with van der Waals surface area (Å²) in [5, 5.41) is 0. The van der Waals surface area contributed by atoms with Crippen molar-refractivity contribution < 1.29 is 9.53 Å². The van der Waals surface area contributed by atoms with E-state index in [1.807, 2.05) is 22.1 Å². The van der Waals surface area contributed by atoms with E-state index in [4.69, 9.17) is 4.74 Å². The quantitative estimate of drug-likeness (QED) is 0.847. The molecule has 6 heteroatoms. The lowest BCUT2D eigenvalue weighted by molar-refractivity contribution is 0.0792. The summed E-state index contributed by atoms with van der Waals surface area (Å²) in [4.78, 5) is 25.3. The van der Waals surface area contributed by atoms with Gasteiger partial charge >= 0.3 is 0 Å². The van der Waals surface area contributed by atoms with Gasteiger partial charge in [0.15, 0.2) is 18.3 Å². The Balaban J connectivity index is 1.44. The number of hydrogen-bond donors (Lipinski definition) is 0. The Kier molecular flexibility index (Phi) is 3.23. The van der Waals surface area contributed by atoms with Gasteiger partial charge in [-0.25, -0.2) is 4.98 Å². The van der Waals surface area contributed by atoms with Crippen LogP contribution in [0.1, 0.15) is 34.3 Å². The predicted molar refractivity (Wildman–Crippen MR) is 94.7 cm³/mol. The molecule has 0 atom stereocenters. The van der Waals surface area contributed by atoms with Gasteiger partial charge < -0.3 is 9.64 Å². The van der Waals surface area contributed by atoms with Gasteiger partial charge in [0.2, 0.25) is 0 Å². The van der Waals surface area contributed by atoms with Crippen molar-refractivity contribution in [1.82, 2.24) is 9.88 Å². The second-order valence-electron chi connectivity index (χ2n) is 6.60. The lowest BCUT2D eigenvalue weighted by atomic mass is 10.1. The number of amides is 1. The van der Waals surface area contributed by atoms with Crippen LogP contribution in [0.3, 0.4) is 0 Å². The summed E-state index contributed by atoms with van der Waals surface area (Å²) in [6.07, 6.45) is 5.73. The number of nitrogens with zero attached hydrogens (tertiary/aromatic N) is 4. The number of pyridine rings is 1. The number of carbonyl (C=O) groups excluding carboxylic acids is 1. The van der Waals surface area contributed by atoms with E-state index in [0.717, 1.165) is 49.5 Å². The molecule has 1 aromatic carbocycles. The molecule has 0 saturated carbocycles. The Hall–Kier alpha value is -2.89. The Bertz CT molecular complexity index is 887. The third kappa shape index (κ3) is 2.36. The maximum atomic E-state index is 12.5. The van der Waals surface area contributed by atoms with Gasteiger partial charge in [-0.2, -0.15) is 0 Å². The molecule has 25 heavy (non-hydrogen) atoms. The highest BCUT2D eigenvalue weighted by molar-refractivity contribution is 5.95. The first-order chi connectivity index (χ1) is 12.3. The molecule has 1 saturated heterocycles. The summed E-state index contributed by atoms with van der Waals surface area (Å²) >= 11 is 0. The van der Waals surface area contributed by atoms with Crippen molar-refractivity contribution >= 4 is 23.6 Å². The lowest BCUT2D eigenvalue weighted by Gasteiger charge is -2.17. The molecule has 0 spiro atoms. The highest BCUT2D eigenvalue weighted by atomic mass is 16.5. The Labute approximate surface area is 145 Å². The van der Waals surface area contributed by atoms with Crippen LogP contribution in [-0.4, -0.2) is 41.8 Å². The molecule has 0 radical (unpaired) electrons. The maximum absolute atomic E-state index is 12.5. The predicted octanol–water partition coefficient (Wildman–Crippen LogP) is 2.74. The smallest absolute Gasteiger partial charge is 0.255 e. The van der Waals surface area contributed by atoms with E-state index in [1.165, 1.54) is 5.56 Å². The molecule has 1 amide bonds. The van der Waals surface area contributed by atoms with Crippen LogP contribution in [0.4, 0.5) is 11.5 Å². The summed E-state index contributed by atoms with van der Waals surface area (Å²) in [5.41, 5.74) is 4.01. The van der Waals surface area contributed by atoms with Gasteiger partial charge in [-0.3, -0.25) is 14.7 Å². The Morgan fingerprint density at radius 2 is 2.04 bits per heavy atom. The summed E-state index contributed by atoms with van der Waals surface area (Å²) < 4.78 is 5.80. The standard InChI is InChI=1S/C19H18N4O2/c24-19(22-5-1-2-6-22)15-8-17-18(21-11-15)23(12-25-17)16-4-3-13-9-20-10-14(13)7-16/h3-4,7-8,10-11H,1-2,5-6,9,12H2.